The molecule has 0 bridgehead atoms. The predicted molar refractivity (Wildman–Crippen MR) is 59.0 cm³/mol. The van der Waals surface area contributed by atoms with Gasteiger partial charge in [-0.05, 0) is 30.7 Å². The first-order valence-corrected chi connectivity index (χ1v) is 4.97. The summed E-state index contributed by atoms with van der Waals surface area (Å²) in [7, 11) is 0. The lowest BCUT2D eigenvalue weighted by Crippen LogP contribution is -2.29. The molecule has 0 spiro atoms. The van der Waals surface area contributed by atoms with E-state index in [9.17, 15) is 14.0 Å². The van der Waals surface area contributed by atoms with E-state index < -0.39 is 11.9 Å². The van der Waals surface area contributed by atoms with Crippen molar-refractivity contribution in [3.63, 3.8) is 0 Å². The molecule has 2 amide bonds. The van der Waals surface area contributed by atoms with Crippen LogP contribution in [0, 0.1) is 12.7 Å². The van der Waals surface area contributed by atoms with Crippen LogP contribution < -0.4 is 11.1 Å². The summed E-state index contributed by atoms with van der Waals surface area (Å²) in [4.78, 5) is 21.9. The number of nitrogens with two attached hydrogens (primary N) is 1. The number of nitrogens with one attached hydrogen (secondary N) is 1. The maximum Gasteiger partial charge on any atom is 0.404 e. The Morgan fingerprint density at radius 1 is 1.47 bits per heavy atom. The van der Waals surface area contributed by atoms with Gasteiger partial charge in [-0.3, -0.25) is 4.79 Å². The highest BCUT2D eigenvalue weighted by Gasteiger charge is 2.08. The molecule has 0 unspecified atom stereocenters. The average molecular weight is 240 g/mol. The lowest BCUT2D eigenvalue weighted by molar-refractivity contribution is 0.0936. The van der Waals surface area contributed by atoms with Crippen LogP contribution in [-0.2, 0) is 4.74 Å². The van der Waals surface area contributed by atoms with Crippen LogP contribution >= 0.6 is 0 Å². The zero-order valence-electron chi connectivity index (χ0n) is 9.33. The van der Waals surface area contributed by atoms with Crippen LogP contribution in [0.1, 0.15) is 15.9 Å². The highest BCUT2D eigenvalue weighted by molar-refractivity contribution is 5.95. The second-order valence-electron chi connectivity index (χ2n) is 3.38. The number of carbonyl (C=O) groups excluding carboxylic acids is 2. The summed E-state index contributed by atoms with van der Waals surface area (Å²) < 4.78 is 17.2. The smallest absolute Gasteiger partial charge is 0.404 e. The summed E-state index contributed by atoms with van der Waals surface area (Å²) in [5.74, 6) is -0.744. The summed E-state index contributed by atoms with van der Waals surface area (Å²) in [6, 6.07) is 3.88. The standard InChI is InChI=1S/C11H13FN2O3/c1-7-6-8(12)2-3-9(7)10(15)14-4-5-17-11(13)16/h2-3,6H,4-5H2,1H3,(H2,13,16)(H,14,15). The van der Waals surface area contributed by atoms with E-state index >= 15 is 0 Å². The first-order chi connectivity index (χ1) is 8.00. The fraction of sp³-hybridized carbons (Fsp3) is 0.273. The van der Waals surface area contributed by atoms with E-state index in [0.29, 0.717) is 11.1 Å². The minimum atomic E-state index is -0.891. The molecular formula is C11H13FN2O3. The molecule has 0 radical (unpaired) electrons. The van der Waals surface area contributed by atoms with Crippen LogP contribution in [0.25, 0.3) is 0 Å². The van der Waals surface area contributed by atoms with Gasteiger partial charge in [-0.15, -0.1) is 0 Å². The summed E-state index contributed by atoms with van der Waals surface area (Å²) in [6.45, 7) is 1.79. The zero-order chi connectivity index (χ0) is 12.8. The van der Waals surface area contributed by atoms with Gasteiger partial charge in [0.15, 0.2) is 0 Å². The number of halogens is 1. The van der Waals surface area contributed by atoms with E-state index in [2.05, 4.69) is 10.1 Å². The van der Waals surface area contributed by atoms with Crippen LogP contribution in [0.5, 0.6) is 0 Å². The Labute approximate surface area is 97.7 Å². The Bertz CT molecular complexity index is 435. The number of carbonyl (C=O) groups is 2. The highest BCUT2D eigenvalue weighted by Crippen LogP contribution is 2.09. The largest absolute Gasteiger partial charge is 0.448 e. The molecule has 17 heavy (non-hydrogen) atoms. The number of hydrogen-bond acceptors (Lipinski definition) is 3. The van der Waals surface area contributed by atoms with Crippen molar-refractivity contribution in [1.82, 2.24) is 5.32 Å². The number of primary amides is 1. The van der Waals surface area contributed by atoms with E-state index in [1.165, 1.54) is 18.2 Å². The molecule has 0 saturated carbocycles. The Kier molecular flexibility index (Phi) is 4.45. The summed E-state index contributed by atoms with van der Waals surface area (Å²) in [6.07, 6.45) is -0.891. The molecule has 1 rings (SSSR count). The van der Waals surface area contributed by atoms with Gasteiger partial charge in [-0.2, -0.15) is 0 Å². The van der Waals surface area contributed by atoms with E-state index in [-0.39, 0.29) is 19.1 Å². The van der Waals surface area contributed by atoms with Gasteiger partial charge >= 0.3 is 6.09 Å². The quantitative estimate of drug-likeness (QED) is 0.769. The molecule has 0 atom stereocenters. The Hall–Kier alpha value is -2.11. The number of hydrogen-bond donors (Lipinski definition) is 2. The first kappa shape index (κ1) is 13.0. The lowest BCUT2D eigenvalue weighted by atomic mass is 10.1. The molecule has 0 heterocycles. The summed E-state index contributed by atoms with van der Waals surface area (Å²) in [5.41, 5.74) is 5.67. The fourth-order valence-corrected chi connectivity index (χ4v) is 1.29. The maximum absolute atomic E-state index is 12.8. The summed E-state index contributed by atoms with van der Waals surface area (Å²) >= 11 is 0. The van der Waals surface area contributed by atoms with E-state index in [1.807, 2.05) is 0 Å². The number of rotatable bonds is 4. The zero-order valence-corrected chi connectivity index (χ0v) is 9.33. The third kappa shape index (κ3) is 4.10. The minimum Gasteiger partial charge on any atom is -0.448 e. The van der Waals surface area contributed by atoms with Crippen molar-refractivity contribution >= 4 is 12.0 Å². The number of amides is 2. The molecule has 1 aromatic rings. The Balaban J connectivity index is 2.50. The fourth-order valence-electron chi connectivity index (χ4n) is 1.29. The molecule has 0 aliphatic heterocycles. The molecule has 5 nitrogen and oxygen atoms in total. The Morgan fingerprint density at radius 2 is 2.18 bits per heavy atom. The van der Waals surface area contributed by atoms with Crippen molar-refractivity contribution < 1.29 is 18.7 Å². The molecule has 0 saturated heterocycles. The van der Waals surface area contributed by atoms with Gasteiger partial charge in [0, 0.05) is 5.56 Å². The molecule has 6 heteroatoms. The van der Waals surface area contributed by atoms with Crippen molar-refractivity contribution in [1.29, 1.82) is 0 Å². The molecule has 3 N–H and O–H groups in total. The van der Waals surface area contributed by atoms with Gasteiger partial charge in [-0.1, -0.05) is 0 Å². The lowest BCUT2D eigenvalue weighted by Gasteiger charge is -2.07. The minimum absolute atomic E-state index is 0.00131. The first-order valence-electron chi connectivity index (χ1n) is 4.97. The van der Waals surface area contributed by atoms with E-state index in [4.69, 9.17) is 5.73 Å². The average Bonchev–Trinajstić information content (AvgIpc) is 2.23. The van der Waals surface area contributed by atoms with Gasteiger partial charge in [-0.25, -0.2) is 9.18 Å². The molecule has 0 aliphatic carbocycles. The molecule has 92 valence electrons. The van der Waals surface area contributed by atoms with Crippen LogP contribution in [0.4, 0.5) is 9.18 Å². The molecule has 0 aromatic heterocycles. The van der Waals surface area contributed by atoms with Gasteiger partial charge in [0.05, 0.1) is 6.54 Å². The molecular weight excluding hydrogens is 227 g/mol. The van der Waals surface area contributed by atoms with Crippen molar-refractivity contribution in [3.05, 3.63) is 35.1 Å². The van der Waals surface area contributed by atoms with Gasteiger partial charge in [0.25, 0.3) is 5.91 Å². The number of ether oxygens (including phenoxy) is 1. The molecule has 0 aliphatic rings. The van der Waals surface area contributed by atoms with Crippen LogP contribution in [0.15, 0.2) is 18.2 Å². The molecule has 1 aromatic carbocycles. The number of aryl methyl sites for hydroxylation is 1. The van der Waals surface area contributed by atoms with Crippen molar-refractivity contribution in [2.24, 2.45) is 5.73 Å². The Morgan fingerprint density at radius 3 is 2.76 bits per heavy atom. The highest BCUT2D eigenvalue weighted by atomic mass is 19.1. The van der Waals surface area contributed by atoms with Crippen molar-refractivity contribution in [3.8, 4) is 0 Å². The van der Waals surface area contributed by atoms with Crippen molar-refractivity contribution in [2.75, 3.05) is 13.2 Å². The van der Waals surface area contributed by atoms with Gasteiger partial charge in [0.2, 0.25) is 0 Å². The van der Waals surface area contributed by atoms with Gasteiger partial charge in [0.1, 0.15) is 12.4 Å². The van der Waals surface area contributed by atoms with Crippen LogP contribution in [0.2, 0.25) is 0 Å². The van der Waals surface area contributed by atoms with Crippen LogP contribution in [-0.4, -0.2) is 25.2 Å². The second kappa shape index (κ2) is 5.83. The topological polar surface area (TPSA) is 81.4 Å². The van der Waals surface area contributed by atoms with Crippen molar-refractivity contribution in [2.45, 2.75) is 6.92 Å². The summed E-state index contributed by atoms with van der Waals surface area (Å²) in [5, 5.41) is 2.52. The van der Waals surface area contributed by atoms with E-state index in [0.717, 1.165) is 0 Å². The second-order valence-corrected chi connectivity index (χ2v) is 3.38. The third-order valence-corrected chi connectivity index (χ3v) is 2.07. The monoisotopic (exact) mass is 240 g/mol. The van der Waals surface area contributed by atoms with E-state index in [1.54, 1.807) is 6.92 Å². The molecule has 0 fully saturated rings. The normalized spacial score (nSPS) is 9.76. The maximum atomic E-state index is 12.8. The van der Waals surface area contributed by atoms with Crippen LogP contribution in [0.3, 0.4) is 0 Å². The predicted octanol–water partition coefficient (Wildman–Crippen LogP) is 0.959. The number of benzene rings is 1. The SMILES string of the molecule is Cc1cc(F)ccc1C(=O)NCCOC(N)=O. The third-order valence-electron chi connectivity index (χ3n) is 2.07. The van der Waals surface area contributed by atoms with Gasteiger partial charge < -0.3 is 15.8 Å².